The van der Waals surface area contributed by atoms with Gasteiger partial charge in [-0.2, -0.15) is 13.2 Å². The molecule has 2 aromatic rings. The van der Waals surface area contributed by atoms with Gasteiger partial charge in [0.15, 0.2) is 0 Å². The minimum absolute atomic E-state index is 0.230. The Morgan fingerprint density at radius 2 is 1.70 bits per heavy atom. The van der Waals surface area contributed by atoms with Crippen molar-refractivity contribution in [2.24, 2.45) is 11.8 Å². The van der Waals surface area contributed by atoms with E-state index >= 15 is 0 Å². The maximum absolute atomic E-state index is 12.9. The van der Waals surface area contributed by atoms with Crippen LogP contribution in [0.1, 0.15) is 57.8 Å². The fraction of sp³-hybridized carbons (Fsp3) is 0.500. The van der Waals surface area contributed by atoms with Crippen LogP contribution in [-0.2, 0) is 10.9 Å². The number of rotatable bonds is 5. The largest absolute Gasteiger partial charge is 0.486 e. The van der Waals surface area contributed by atoms with E-state index in [0.717, 1.165) is 24.1 Å². The summed E-state index contributed by atoms with van der Waals surface area (Å²) in [5, 5.41) is 0. The van der Waals surface area contributed by atoms with Crippen LogP contribution in [0.3, 0.4) is 0 Å². The Bertz CT molecular complexity index is 907. The van der Waals surface area contributed by atoms with E-state index in [1.54, 1.807) is 4.90 Å². The van der Waals surface area contributed by atoms with Crippen LogP contribution < -0.4 is 4.74 Å². The molecule has 0 aromatic heterocycles. The Balaban J connectivity index is 1.70. The van der Waals surface area contributed by atoms with Gasteiger partial charge in [-0.15, -0.1) is 0 Å². The molecule has 1 amide bonds. The molecule has 0 N–H and O–H groups in total. The van der Waals surface area contributed by atoms with Gasteiger partial charge in [-0.3, -0.25) is 0 Å². The van der Waals surface area contributed by atoms with Crippen LogP contribution in [0.2, 0.25) is 0 Å². The van der Waals surface area contributed by atoms with Crippen molar-refractivity contribution in [1.29, 1.82) is 0 Å². The van der Waals surface area contributed by atoms with E-state index in [2.05, 4.69) is 6.92 Å². The van der Waals surface area contributed by atoms with Crippen LogP contribution in [0, 0.1) is 11.8 Å². The summed E-state index contributed by atoms with van der Waals surface area (Å²) < 4.78 is 50.4. The molecule has 4 nitrogen and oxygen atoms in total. The molecule has 0 aliphatic carbocycles. The number of hydrogen-bond acceptors (Lipinski definition) is 3. The van der Waals surface area contributed by atoms with Gasteiger partial charge in [0.1, 0.15) is 17.5 Å². The summed E-state index contributed by atoms with van der Waals surface area (Å²) in [6.45, 7) is 8.87. The van der Waals surface area contributed by atoms with Gasteiger partial charge >= 0.3 is 12.3 Å². The number of piperidine rings is 1. The van der Waals surface area contributed by atoms with E-state index in [9.17, 15) is 18.0 Å². The van der Waals surface area contributed by atoms with Gasteiger partial charge in [0.05, 0.1) is 5.56 Å². The maximum Gasteiger partial charge on any atom is 0.416 e. The van der Waals surface area contributed by atoms with E-state index in [-0.39, 0.29) is 18.1 Å². The van der Waals surface area contributed by atoms with Gasteiger partial charge in [0.2, 0.25) is 0 Å². The summed E-state index contributed by atoms with van der Waals surface area (Å²) in [4.78, 5) is 14.2. The predicted octanol–water partition coefficient (Wildman–Crippen LogP) is 7.11. The van der Waals surface area contributed by atoms with Crippen molar-refractivity contribution in [2.75, 3.05) is 13.1 Å². The normalized spacial score (nSPS) is 20.3. The Morgan fingerprint density at radius 1 is 1.06 bits per heavy atom. The molecule has 1 fully saturated rings. The Morgan fingerprint density at radius 3 is 2.24 bits per heavy atom. The minimum Gasteiger partial charge on any atom is -0.486 e. The lowest BCUT2D eigenvalue weighted by Gasteiger charge is -2.38. The first-order chi connectivity index (χ1) is 15.4. The lowest BCUT2D eigenvalue weighted by atomic mass is 9.82. The van der Waals surface area contributed by atoms with Crippen LogP contribution in [0.15, 0.2) is 54.6 Å². The van der Waals surface area contributed by atoms with Crippen molar-refractivity contribution in [2.45, 2.75) is 58.4 Å². The first-order valence-corrected chi connectivity index (χ1v) is 11.3. The van der Waals surface area contributed by atoms with Crippen molar-refractivity contribution in [3.8, 4) is 5.75 Å². The summed E-state index contributed by atoms with van der Waals surface area (Å²) >= 11 is 0. The Labute approximate surface area is 193 Å². The second-order valence-electron chi connectivity index (χ2n) is 9.73. The monoisotopic (exact) mass is 463 g/mol. The van der Waals surface area contributed by atoms with E-state index in [0.29, 0.717) is 31.2 Å². The molecular weight excluding hydrogens is 431 g/mol. The number of likely N-dealkylation sites (tertiary alicyclic amines) is 1. The minimum atomic E-state index is -4.38. The number of carbonyl (C=O) groups is 1. The van der Waals surface area contributed by atoms with Gasteiger partial charge in [-0.1, -0.05) is 37.3 Å². The van der Waals surface area contributed by atoms with Crippen molar-refractivity contribution in [1.82, 2.24) is 4.90 Å². The third kappa shape index (κ3) is 7.14. The van der Waals surface area contributed by atoms with Crippen LogP contribution in [0.4, 0.5) is 18.0 Å². The summed E-state index contributed by atoms with van der Waals surface area (Å²) in [5.74, 6) is 0.924. The first-order valence-electron chi connectivity index (χ1n) is 11.3. The molecule has 0 spiro atoms. The maximum atomic E-state index is 12.9. The molecule has 7 heteroatoms. The lowest BCUT2D eigenvalue weighted by Crippen LogP contribution is -2.45. The summed E-state index contributed by atoms with van der Waals surface area (Å²) in [7, 11) is 0. The highest BCUT2D eigenvalue weighted by Gasteiger charge is 2.34. The molecule has 0 bridgehead atoms. The smallest absolute Gasteiger partial charge is 0.416 e. The molecule has 3 rings (SSSR count). The fourth-order valence-electron chi connectivity index (χ4n) is 4.12. The van der Waals surface area contributed by atoms with Crippen molar-refractivity contribution >= 4 is 6.09 Å². The number of ether oxygens (including phenoxy) is 2. The highest BCUT2D eigenvalue weighted by molar-refractivity contribution is 5.68. The predicted molar refractivity (Wildman–Crippen MR) is 121 cm³/mol. The molecule has 1 saturated heterocycles. The van der Waals surface area contributed by atoms with Crippen molar-refractivity contribution < 1.29 is 27.4 Å². The molecular formula is C26H32F3NO3. The third-order valence-corrected chi connectivity index (χ3v) is 5.88. The zero-order chi connectivity index (χ0) is 24.2. The number of nitrogens with zero attached hydrogens (tertiary/aromatic N) is 1. The molecule has 3 atom stereocenters. The average Bonchev–Trinajstić information content (AvgIpc) is 2.73. The molecule has 1 aliphatic heterocycles. The van der Waals surface area contributed by atoms with Crippen LogP contribution >= 0.6 is 0 Å². The van der Waals surface area contributed by atoms with Crippen molar-refractivity contribution in [3.63, 3.8) is 0 Å². The first kappa shape index (κ1) is 24.9. The summed E-state index contributed by atoms with van der Waals surface area (Å²) in [6, 6.07) is 14.5. The molecule has 33 heavy (non-hydrogen) atoms. The third-order valence-electron chi connectivity index (χ3n) is 5.88. The molecule has 1 aliphatic rings. The number of halogens is 3. The van der Waals surface area contributed by atoms with E-state index in [1.807, 2.05) is 51.1 Å². The van der Waals surface area contributed by atoms with Gasteiger partial charge in [0, 0.05) is 13.1 Å². The second-order valence-corrected chi connectivity index (χ2v) is 9.73. The van der Waals surface area contributed by atoms with Gasteiger partial charge < -0.3 is 14.4 Å². The second kappa shape index (κ2) is 10.1. The topological polar surface area (TPSA) is 38.8 Å². The quantitative estimate of drug-likeness (QED) is 0.474. The van der Waals surface area contributed by atoms with Gasteiger partial charge in [-0.25, -0.2) is 4.79 Å². The number of alkyl halides is 3. The van der Waals surface area contributed by atoms with Crippen molar-refractivity contribution in [3.05, 3.63) is 65.7 Å². The van der Waals surface area contributed by atoms with Crippen LogP contribution in [0.5, 0.6) is 5.75 Å². The zero-order valence-corrected chi connectivity index (χ0v) is 19.6. The Kier molecular flexibility index (Phi) is 7.60. The summed E-state index contributed by atoms with van der Waals surface area (Å²) in [6.07, 6.45) is -3.47. The molecule has 0 saturated carbocycles. The molecule has 0 radical (unpaired) electrons. The van der Waals surface area contributed by atoms with Gasteiger partial charge in [-0.05, 0) is 75.3 Å². The average molecular weight is 464 g/mol. The zero-order valence-electron chi connectivity index (χ0n) is 19.6. The SMILES string of the molecule is C[C@@H]1CN(C(=O)OC(C)(C)C)CC[C@@H]1C[C@H](Oc1ccc(C(F)(F)F)cc1)c1ccccc1. The van der Waals surface area contributed by atoms with Gasteiger partial charge in [0.25, 0.3) is 0 Å². The number of benzene rings is 2. The highest BCUT2D eigenvalue weighted by atomic mass is 19.4. The number of hydrogen-bond donors (Lipinski definition) is 0. The number of amides is 1. The lowest BCUT2D eigenvalue weighted by molar-refractivity contribution is -0.137. The molecule has 2 aromatic carbocycles. The van der Waals surface area contributed by atoms with Crippen LogP contribution in [0.25, 0.3) is 0 Å². The number of carbonyl (C=O) groups excluding carboxylic acids is 1. The van der Waals surface area contributed by atoms with E-state index in [4.69, 9.17) is 9.47 Å². The highest BCUT2D eigenvalue weighted by Crippen LogP contribution is 2.36. The van der Waals surface area contributed by atoms with E-state index in [1.165, 1.54) is 12.1 Å². The molecule has 180 valence electrons. The standard InChI is InChI=1S/C26H32F3NO3/c1-18-17-30(24(31)33-25(2,3)4)15-14-20(18)16-23(19-8-6-5-7-9-19)32-22-12-10-21(11-13-22)26(27,28)29/h5-13,18,20,23H,14-17H2,1-4H3/t18-,20-,23+/m1/s1. The van der Waals surface area contributed by atoms with Crippen LogP contribution in [-0.4, -0.2) is 29.7 Å². The van der Waals surface area contributed by atoms with E-state index < -0.39 is 17.3 Å². The molecule has 1 heterocycles. The fourth-order valence-corrected chi connectivity index (χ4v) is 4.12. The summed E-state index contributed by atoms with van der Waals surface area (Å²) in [5.41, 5.74) is -0.265. The molecule has 0 unspecified atom stereocenters. The Hall–Kier alpha value is -2.70.